The number of nitro benzene ring substituents is 1. The standard InChI is InChI=1S/C8H5ClN2O5/c9-4-1-2-6(11(14)15)5(3-4)7(12)8(13)16-10/h1-3H,10H2. The zero-order valence-electron chi connectivity index (χ0n) is 7.68. The van der Waals surface area contributed by atoms with Gasteiger partial charge >= 0.3 is 5.97 Å². The van der Waals surface area contributed by atoms with Gasteiger partial charge in [0.25, 0.3) is 11.5 Å². The van der Waals surface area contributed by atoms with E-state index < -0.39 is 27.9 Å². The van der Waals surface area contributed by atoms with Gasteiger partial charge in [-0.15, -0.1) is 0 Å². The van der Waals surface area contributed by atoms with Crippen LogP contribution >= 0.6 is 11.6 Å². The predicted octanol–water partition coefficient (Wildman–Crippen LogP) is 0.848. The van der Waals surface area contributed by atoms with Crippen molar-refractivity contribution in [3.63, 3.8) is 0 Å². The average molecular weight is 245 g/mol. The van der Waals surface area contributed by atoms with E-state index in [1.165, 1.54) is 6.07 Å². The van der Waals surface area contributed by atoms with Crippen molar-refractivity contribution in [1.82, 2.24) is 0 Å². The number of benzene rings is 1. The lowest BCUT2D eigenvalue weighted by molar-refractivity contribution is -0.385. The van der Waals surface area contributed by atoms with E-state index in [0.717, 1.165) is 12.1 Å². The van der Waals surface area contributed by atoms with Crippen molar-refractivity contribution >= 4 is 29.0 Å². The number of nitrogens with two attached hydrogens (primary N) is 1. The molecule has 0 unspecified atom stereocenters. The molecule has 16 heavy (non-hydrogen) atoms. The van der Waals surface area contributed by atoms with Gasteiger partial charge in [-0.25, -0.2) is 4.79 Å². The van der Waals surface area contributed by atoms with E-state index in [2.05, 4.69) is 10.7 Å². The Kier molecular flexibility index (Phi) is 3.54. The van der Waals surface area contributed by atoms with Crippen LogP contribution in [0.2, 0.25) is 5.02 Å². The van der Waals surface area contributed by atoms with Gasteiger partial charge in [-0.1, -0.05) is 11.6 Å². The summed E-state index contributed by atoms with van der Waals surface area (Å²) in [5.41, 5.74) is -1.01. The number of carbonyl (C=O) groups excluding carboxylic acids is 2. The van der Waals surface area contributed by atoms with E-state index >= 15 is 0 Å². The Morgan fingerprint density at radius 1 is 1.44 bits per heavy atom. The van der Waals surface area contributed by atoms with Crippen LogP contribution in [0.1, 0.15) is 10.4 Å². The molecule has 0 fully saturated rings. The maximum absolute atomic E-state index is 11.3. The molecule has 0 amide bonds. The lowest BCUT2D eigenvalue weighted by Gasteiger charge is -2.00. The fourth-order valence-corrected chi connectivity index (χ4v) is 1.18. The average Bonchev–Trinajstić information content (AvgIpc) is 2.26. The molecule has 1 aromatic carbocycles. The molecule has 0 aliphatic carbocycles. The van der Waals surface area contributed by atoms with Crippen LogP contribution in [-0.2, 0) is 9.63 Å². The molecule has 0 bridgehead atoms. The Hall–Kier alpha value is -1.99. The predicted molar refractivity (Wildman–Crippen MR) is 52.7 cm³/mol. The highest BCUT2D eigenvalue weighted by Gasteiger charge is 2.26. The van der Waals surface area contributed by atoms with E-state index in [9.17, 15) is 19.7 Å². The van der Waals surface area contributed by atoms with Gasteiger partial charge in [0.2, 0.25) is 0 Å². The SMILES string of the molecule is NOC(=O)C(=O)c1cc(Cl)ccc1[N+](=O)[O-]. The molecule has 0 atom stereocenters. The maximum atomic E-state index is 11.3. The molecule has 0 saturated heterocycles. The number of nitro groups is 1. The number of hydrogen-bond donors (Lipinski definition) is 1. The first-order valence-electron chi connectivity index (χ1n) is 3.86. The Morgan fingerprint density at radius 2 is 2.06 bits per heavy atom. The van der Waals surface area contributed by atoms with Crippen LogP contribution in [0, 0.1) is 10.1 Å². The number of ketones is 1. The molecule has 2 N–H and O–H groups in total. The third kappa shape index (κ3) is 2.33. The highest BCUT2D eigenvalue weighted by molar-refractivity contribution is 6.42. The van der Waals surface area contributed by atoms with Gasteiger partial charge in [-0.2, -0.15) is 5.90 Å². The summed E-state index contributed by atoms with van der Waals surface area (Å²) >= 11 is 5.56. The second kappa shape index (κ2) is 4.69. The third-order valence-electron chi connectivity index (χ3n) is 1.69. The first-order chi connectivity index (χ1) is 7.47. The van der Waals surface area contributed by atoms with Crippen LogP contribution in [-0.4, -0.2) is 16.7 Å². The molecule has 7 nitrogen and oxygen atoms in total. The number of rotatable bonds is 3. The molecule has 0 spiro atoms. The highest BCUT2D eigenvalue weighted by atomic mass is 35.5. The summed E-state index contributed by atoms with van der Waals surface area (Å²) in [6, 6.07) is 3.24. The van der Waals surface area contributed by atoms with Gasteiger partial charge in [0.05, 0.1) is 4.92 Å². The first-order valence-corrected chi connectivity index (χ1v) is 4.24. The molecular weight excluding hydrogens is 240 g/mol. The number of hydrogen-bond acceptors (Lipinski definition) is 6. The largest absolute Gasteiger partial charge is 0.398 e. The minimum absolute atomic E-state index is 0.0822. The van der Waals surface area contributed by atoms with Gasteiger partial charge < -0.3 is 4.84 Å². The Morgan fingerprint density at radius 3 is 2.56 bits per heavy atom. The van der Waals surface area contributed by atoms with Crippen LogP contribution in [0.3, 0.4) is 0 Å². The van der Waals surface area contributed by atoms with Gasteiger partial charge in [0.1, 0.15) is 5.56 Å². The summed E-state index contributed by atoms with van der Waals surface area (Å²) in [5.74, 6) is 1.88. The molecule has 0 aromatic heterocycles. The Bertz CT molecular complexity index is 473. The van der Waals surface area contributed by atoms with Crippen molar-refractivity contribution in [2.45, 2.75) is 0 Å². The van der Waals surface area contributed by atoms with Crippen LogP contribution in [0.4, 0.5) is 5.69 Å². The minimum atomic E-state index is -1.40. The topological polar surface area (TPSA) is 113 Å². The van der Waals surface area contributed by atoms with Gasteiger partial charge in [-0.05, 0) is 12.1 Å². The molecule has 0 saturated carbocycles. The van der Waals surface area contributed by atoms with E-state index in [1.807, 2.05) is 0 Å². The van der Waals surface area contributed by atoms with Crippen LogP contribution in [0.25, 0.3) is 0 Å². The number of carbonyl (C=O) groups is 2. The molecule has 0 aliphatic rings. The second-order valence-electron chi connectivity index (χ2n) is 2.65. The monoisotopic (exact) mass is 244 g/mol. The highest BCUT2D eigenvalue weighted by Crippen LogP contribution is 2.23. The summed E-state index contributed by atoms with van der Waals surface area (Å²) in [4.78, 5) is 35.6. The summed E-state index contributed by atoms with van der Waals surface area (Å²) in [6.07, 6.45) is 0. The second-order valence-corrected chi connectivity index (χ2v) is 3.09. The van der Waals surface area contributed by atoms with Crippen molar-refractivity contribution < 1.29 is 19.3 Å². The van der Waals surface area contributed by atoms with Crippen molar-refractivity contribution in [1.29, 1.82) is 0 Å². The number of halogens is 1. The normalized spacial score (nSPS) is 9.62. The van der Waals surface area contributed by atoms with Crippen molar-refractivity contribution in [3.05, 3.63) is 38.9 Å². The van der Waals surface area contributed by atoms with E-state index in [0.29, 0.717) is 0 Å². The quantitative estimate of drug-likeness (QED) is 0.365. The van der Waals surface area contributed by atoms with E-state index in [4.69, 9.17) is 11.6 Å². The number of nitrogens with zero attached hydrogens (tertiary/aromatic N) is 1. The zero-order chi connectivity index (χ0) is 12.3. The van der Waals surface area contributed by atoms with Crippen molar-refractivity contribution in [2.75, 3.05) is 0 Å². The Balaban J connectivity index is 3.30. The van der Waals surface area contributed by atoms with Crippen molar-refractivity contribution in [2.24, 2.45) is 5.90 Å². The molecule has 0 aliphatic heterocycles. The Labute approximate surface area is 93.8 Å². The smallest absolute Gasteiger partial charge is 0.367 e. The fraction of sp³-hybridized carbons (Fsp3) is 0. The molecule has 0 heterocycles. The third-order valence-corrected chi connectivity index (χ3v) is 1.93. The summed E-state index contributed by atoms with van der Waals surface area (Å²) in [7, 11) is 0. The van der Waals surface area contributed by atoms with E-state index in [1.54, 1.807) is 0 Å². The zero-order valence-corrected chi connectivity index (χ0v) is 8.43. The molecule has 1 aromatic rings. The molecule has 1 rings (SSSR count). The fourth-order valence-electron chi connectivity index (χ4n) is 1.01. The van der Waals surface area contributed by atoms with Crippen LogP contribution in [0.5, 0.6) is 0 Å². The van der Waals surface area contributed by atoms with Gasteiger partial charge in [0, 0.05) is 11.1 Å². The lowest BCUT2D eigenvalue weighted by Crippen LogP contribution is -2.21. The first kappa shape index (κ1) is 12.1. The lowest BCUT2D eigenvalue weighted by atomic mass is 10.1. The molecule has 84 valence electrons. The maximum Gasteiger partial charge on any atom is 0.398 e. The number of Topliss-reactive ketones (excluding diaryl/α,β-unsaturated/α-hetero) is 1. The molecule has 0 radical (unpaired) electrons. The van der Waals surface area contributed by atoms with Crippen molar-refractivity contribution in [3.8, 4) is 0 Å². The summed E-state index contributed by atoms with van der Waals surface area (Å²) in [6.45, 7) is 0. The minimum Gasteiger partial charge on any atom is -0.367 e. The van der Waals surface area contributed by atoms with Gasteiger partial charge in [0.15, 0.2) is 0 Å². The molecular formula is C8H5ClN2O5. The molecule has 8 heteroatoms. The summed E-state index contributed by atoms with van der Waals surface area (Å²) in [5, 5.41) is 10.7. The summed E-state index contributed by atoms with van der Waals surface area (Å²) < 4.78 is 0. The van der Waals surface area contributed by atoms with Crippen LogP contribution in [0.15, 0.2) is 18.2 Å². The van der Waals surface area contributed by atoms with Gasteiger partial charge in [-0.3, -0.25) is 14.9 Å². The van der Waals surface area contributed by atoms with E-state index in [-0.39, 0.29) is 5.02 Å². The van der Waals surface area contributed by atoms with Crippen LogP contribution < -0.4 is 5.90 Å².